The molecule has 0 radical (unpaired) electrons. The highest BCUT2D eigenvalue weighted by Gasteiger charge is 2.21. The van der Waals surface area contributed by atoms with E-state index in [0.717, 1.165) is 11.3 Å². The summed E-state index contributed by atoms with van der Waals surface area (Å²) in [6.07, 6.45) is 4.91. The van der Waals surface area contributed by atoms with E-state index in [0.29, 0.717) is 36.9 Å². The Kier molecular flexibility index (Phi) is 6.38. The number of piperazine rings is 1. The molecule has 0 atom stereocenters. The third-order valence-electron chi connectivity index (χ3n) is 5.10. The summed E-state index contributed by atoms with van der Waals surface area (Å²) < 4.78 is 5.10. The number of anilines is 2. The normalized spacial score (nSPS) is 14.1. The van der Waals surface area contributed by atoms with Crippen LogP contribution in [-0.4, -0.2) is 42.9 Å². The molecule has 31 heavy (non-hydrogen) atoms. The molecular weight excluding hydrogens is 414 g/mol. The number of hydrogen-bond donors (Lipinski definition) is 1. The molecule has 1 aliphatic rings. The van der Waals surface area contributed by atoms with Gasteiger partial charge >= 0.3 is 0 Å². The fraction of sp³-hybridized carbons (Fsp3) is 0.167. The topological polar surface area (TPSA) is 65.8 Å². The van der Waals surface area contributed by atoms with Crippen molar-refractivity contribution in [3.05, 3.63) is 89.3 Å². The SMILES string of the molecule is O=C(Nc1ccc(N2CCN(C(=O)C=Cc3ccccc3)CC2)c(Cl)c1)c1ccco1. The molecule has 2 aromatic carbocycles. The Labute approximate surface area is 185 Å². The molecule has 2 heterocycles. The lowest BCUT2D eigenvalue weighted by Gasteiger charge is -2.36. The Morgan fingerprint density at radius 3 is 2.42 bits per heavy atom. The molecule has 0 spiro atoms. The van der Waals surface area contributed by atoms with Crippen molar-refractivity contribution in [1.29, 1.82) is 0 Å². The third kappa shape index (κ3) is 5.16. The Hall–Kier alpha value is -3.51. The van der Waals surface area contributed by atoms with E-state index in [1.165, 1.54) is 6.26 Å². The van der Waals surface area contributed by atoms with Gasteiger partial charge in [0.1, 0.15) is 0 Å². The average Bonchev–Trinajstić information content (AvgIpc) is 3.34. The number of hydrogen-bond acceptors (Lipinski definition) is 4. The highest BCUT2D eigenvalue weighted by Crippen LogP contribution is 2.30. The van der Waals surface area contributed by atoms with Gasteiger partial charge in [-0.3, -0.25) is 9.59 Å². The number of benzene rings is 2. The molecule has 6 nitrogen and oxygen atoms in total. The van der Waals surface area contributed by atoms with Crippen LogP contribution >= 0.6 is 11.6 Å². The molecule has 1 aliphatic heterocycles. The summed E-state index contributed by atoms with van der Waals surface area (Å²) in [5.74, 6) is -0.0858. The number of rotatable bonds is 5. The van der Waals surface area contributed by atoms with Gasteiger partial charge in [0.25, 0.3) is 5.91 Å². The van der Waals surface area contributed by atoms with Gasteiger partial charge < -0.3 is 19.5 Å². The maximum absolute atomic E-state index is 12.5. The van der Waals surface area contributed by atoms with Gasteiger partial charge in [-0.25, -0.2) is 0 Å². The summed E-state index contributed by atoms with van der Waals surface area (Å²) in [6, 6.07) is 18.4. The van der Waals surface area contributed by atoms with Crippen LogP contribution in [0.3, 0.4) is 0 Å². The molecule has 4 rings (SSSR count). The van der Waals surface area contributed by atoms with Crippen LogP contribution in [-0.2, 0) is 4.79 Å². The summed E-state index contributed by atoms with van der Waals surface area (Å²) in [4.78, 5) is 28.6. The lowest BCUT2D eigenvalue weighted by atomic mass is 10.2. The van der Waals surface area contributed by atoms with Gasteiger partial charge in [0, 0.05) is 37.9 Å². The Balaban J connectivity index is 1.33. The zero-order chi connectivity index (χ0) is 21.6. The summed E-state index contributed by atoms with van der Waals surface area (Å²) >= 11 is 6.48. The number of nitrogens with one attached hydrogen (secondary N) is 1. The lowest BCUT2D eigenvalue weighted by molar-refractivity contribution is -0.126. The first-order valence-corrected chi connectivity index (χ1v) is 10.4. The van der Waals surface area contributed by atoms with E-state index in [2.05, 4.69) is 10.2 Å². The lowest BCUT2D eigenvalue weighted by Crippen LogP contribution is -2.48. The zero-order valence-electron chi connectivity index (χ0n) is 16.8. The fourth-order valence-corrected chi connectivity index (χ4v) is 3.75. The molecule has 158 valence electrons. The first-order valence-electron chi connectivity index (χ1n) is 10.0. The van der Waals surface area contributed by atoms with Crippen LogP contribution in [0.5, 0.6) is 0 Å². The minimum Gasteiger partial charge on any atom is -0.459 e. The quantitative estimate of drug-likeness (QED) is 0.597. The van der Waals surface area contributed by atoms with E-state index in [9.17, 15) is 9.59 Å². The van der Waals surface area contributed by atoms with Gasteiger partial charge in [0.15, 0.2) is 5.76 Å². The molecule has 2 amide bonds. The molecule has 1 aromatic heterocycles. The molecule has 1 N–H and O–H groups in total. The van der Waals surface area contributed by atoms with Crippen LogP contribution in [0.2, 0.25) is 5.02 Å². The molecule has 7 heteroatoms. The van der Waals surface area contributed by atoms with E-state index in [4.69, 9.17) is 16.0 Å². The van der Waals surface area contributed by atoms with E-state index >= 15 is 0 Å². The summed E-state index contributed by atoms with van der Waals surface area (Å²) in [7, 11) is 0. The second kappa shape index (κ2) is 9.53. The third-order valence-corrected chi connectivity index (χ3v) is 5.40. The van der Waals surface area contributed by atoms with Crippen molar-refractivity contribution < 1.29 is 14.0 Å². The minimum absolute atomic E-state index is 0.00517. The van der Waals surface area contributed by atoms with Gasteiger partial charge in [-0.05, 0) is 42.0 Å². The standard InChI is InChI=1S/C24H22ClN3O3/c25-20-17-19(26-24(30)22-7-4-16-31-22)9-10-21(20)27-12-14-28(15-13-27)23(29)11-8-18-5-2-1-3-6-18/h1-11,16-17H,12-15H2,(H,26,30). The van der Waals surface area contributed by atoms with Gasteiger partial charge in [0.2, 0.25) is 5.91 Å². The van der Waals surface area contributed by atoms with Crippen molar-refractivity contribution >= 4 is 40.9 Å². The molecule has 0 aliphatic carbocycles. The van der Waals surface area contributed by atoms with E-state index < -0.39 is 0 Å². The highest BCUT2D eigenvalue weighted by atomic mass is 35.5. The van der Waals surface area contributed by atoms with Gasteiger partial charge in [-0.15, -0.1) is 0 Å². The molecule has 3 aromatic rings. The van der Waals surface area contributed by atoms with E-state index in [1.807, 2.05) is 53.4 Å². The van der Waals surface area contributed by atoms with Crippen molar-refractivity contribution in [3.63, 3.8) is 0 Å². The van der Waals surface area contributed by atoms with Crippen molar-refractivity contribution in [1.82, 2.24) is 4.90 Å². The Morgan fingerprint density at radius 2 is 1.74 bits per heavy atom. The van der Waals surface area contributed by atoms with Crippen molar-refractivity contribution in [2.75, 3.05) is 36.4 Å². The minimum atomic E-state index is -0.329. The monoisotopic (exact) mass is 435 g/mol. The van der Waals surface area contributed by atoms with E-state index in [1.54, 1.807) is 24.3 Å². The number of carbonyl (C=O) groups excluding carboxylic acids is 2. The highest BCUT2D eigenvalue weighted by molar-refractivity contribution is 6.33. The van der Waals surface area contributed by atoms with Crippen LogP contribution in [0.25, 0.3) is 6.08 Å². The molecule has 0 saturated carbocycles. The summed E-state index contributed by atoms with van der Waals surface area (Å²) in [5, 5.41) is 3.31. The van der Waals surface area contributed by atoms with E-state index in [-0.39, 0.29) is 17.6 Å². The molecular formula is C24H22ClN3O3. The molecule has 1 saturated heterocycles. The number of amides is 2. The largest absolute Gasteiger partial charge is 0.459 e. The van der Waals surface area contributed by atoms with Crippen molar-refractivity contribution in [3.8, 4) is 0 Å². The van der Waals surface area contributed by atoms with Crippen LogP contribution in [0, 0.1) is 0 Å². The maximum atomic E-state index is 12.5. The maximum Gasteiger partial charge on any atom is 0.291 e. The van der Waals surface area contributed by atoms with Crippen LogP contribution < -0.4 is 10.2 Å². The summed E-state index contributed by atoms with van der Waals surface area (Å²) in [6.45, 7) is 2.60. The average molecular weight is 436 g/mol. The van der Waals surface area contributed by atoms with Gasteiger partial charge in [-0.2, -0.15) is 0 Å². The summed E-state index contributed by atoms with van der Waals surface area (Å²) in [5.41, 5.74) is 2.47. The number of nitrogens with zero attached hydrogens (tertiary/aromatic N) is 2. The number of furan rings is 1. The zero-order valence-corrected chi connectivity index (χ0v) is 17.6. The van der Waals surface area contributed by atoms with Gasteiger partial charge in [-0.1, -0.05) is 41.9 Å². The van der Waals surface area contributed by atoms with Crippen molar-refractivity contribution in [2.45, 2.75) is 0 Å². The second-order valence-corrected chi connectivity index (χ2v) is 7.56. The van der Waals surface area contributed by atoms with Crippen LogP contribution in [0.4, 0.5) is 11.4 Å². The van der Waals surface area contributed by atoms with Gasteiger partial charge in [0.05, 0.1) is 17.0 Å². The number of halogens is 1. The molecule has 1 fully saturated rings. The second-order valence-electron chi connectivity index (χ2n) is 7.15. The Morgan fingerprint density at radius 1 is 0.968 bits per heavy atom. The predicted octanol–water partition coefficient (Wildman–Crippen LogP) is 4.55. The molecule has 0 unspecified atom stereocenters. The fourth-order valence-electron chi connectivity index (χ4n) is 3.45. The number of carbonyl (C=O) groups is 2. The smallest absolute Gasteiger partial charge is 0.291 e. The van der Waals surface area contributed by atoms with Crippen molar-refractivity contribution in [2.24, 2.45) is 0 Å². The Bertz CT molecular complexity index is 1070. The van der Waals surface area contributed by atoms with Crippen LogP contribution in [0.1, 0.15) is 16.1 Å². The first-order chi connectivity index (χ1) is 15.1. The van der Waals surface area contributed by atoms with Crippen LogP contribution in [0.15, 0.2) is 77.4 Å². The molecule has 0 bridgehead atoms. The first kappa shape index (κ1) is 20.8. The predicted molar refractivity (Wildman–Crippen MR) is 122 cm³/mol.